The predicted octanol–water partition coefficient (Wildman–Crippen LogP) is 1.55. The Morgan fingerprint density at radius 1 is 1.33 bits per heavy atom. The zero-order valence-electron chi connectivity index (χ0n) is 13.3. The van der Waals surface area contributed by atoms with E-state index in [1.165, 1.54) is 6.07 Å². The SMILES string of the molecule is N#Cc1ccc(N2CCC(C(=O)NC3CCS(=O)CC3)C2)c(F)c1. The van der Waals surface area contributed by atoms with Crippen LogP contribution in [0, 0.1) is 23.1 Å². The van der Waals surface area contributed by atoms with Crippen molar-refractivity contribution in [2.45, 2.75) is 25.3 Å². The monoisotopic (exact) mass is 349 g/mol. The van der Waals surface area contributed by atoms with Crippen molar-refractivity contribution in [2.24, 2.45) is 5.92 Å². The van der Waals surface area contributed by atoms with Gasteiger partial charge in [-0.15, -0.1) is 0 Å². The zero-order chi connectivity index (χ0) is 17.1. The Labute approximate surface area is 143 Å². The fraction of sp³-hybridized carbons (Fsp3) is 0.529. The van der Waals surface area contributed by atoms with Gasteiger partial charge in [0.1, 0.15) is 5.82 Å². The van der Waals surface area contributed by atoms with Gasteiger partial charge in [-0.2, -0.15) is 5.26 Å². The first kappa shape index (κ1) is 16.9. The van der Waals surface area contributed by atoms with Crippen molar-refractivity contribution in [1.82, 2.24) is 5.32 Å². The molecule has 1 amide bonds. The Hall–Kier alpha value is -1.94. The van der Waals surface area contributed by atoms with E-state index in [0.717, 1.165) is 12.8 Å². The van der Waals surface area contributed by atoms with Crippen LogP contribution in [-0.2, 0) is 15.6 Å². The number of carbonyl (C=O) groups is 1. The number of carbonyl (C=O) groups excluding carboxylic acids is 1. The lowest BCUT2D eigenvalue weighted by Gasteiger charge is -2.24. The Balaban J connectivity index is 1.58. The molecule has 1 atom stereocenters. The average molecular weight is 349 g/mol. The lowest BCUT2D eigenvalue weighted by Crippen LogP contribution is -2.43. The number of nitrogens with one attached hydrogen (secondary N) is 1. The van der Waals surface area contributed by atoms with Gasteiger partial charge in [0.05, 0.1) is 23.2 Å². The summed E-state index contributed by atoms with van der Waals surface area (Å²) >= 11 is 0. The topological polar surface area (TPSA) is 73.2 Å². The van der Waals surface area contributed by atoms with Gasteiger partial charge in [0.15, 0.2) is 0 Å². The van der Waals surface area contributed by atoms with E-state index in [-0.39, 0.29) is 17.9 Å². The van der Waals surface area contributed by atoms with Crippen LogP contribution in [0.3, 0.4) is 0 Å². The number of rotatable bonds is 3. The molecule has 2 saturated heterocycles. The van der Waals surface area contributed by atoms with Gasteiger partial charge in [0.2, 0.25) is 5.91 Å². The van der Waals surface area contributed by atoms with Crippen molar-refractivity contribution in [2.75, 3.05) is 29.5 Å². The normalized spacial score (nSPS) is 26.8. The lowest BCUT2D eigenvalue weighted by atomic mass is 10.1. The van der Waals surface area contributed by atoms with E-state index in [4.69, 9.17) is 5.26 Å². The maximum absolute atomic E-state index is 14.1. The van der Waals surface area contributed by atoms with Gasteiger partial charge in [0.25, 0.3) is 0 Å². The third kappa shape index (κ3) is 3.75. The van der Waals surface area contributed by atoms with Crippen LogP contribution in [0.4, 0.5) is 10.1 Å². The molecule has 0 aliphatic carbocycles. The van der Waals surface area contributed by atoms with Crippen LogP contribution in [-0.4, -0.2) is 40.8 Å². The number of benzene rings is 1. The van der Waals surface area contributed by atoms with Gasteiger partial charge in [-0.1, -0.05) is 0 Å². The second-order valence-corrected chi connectivity index (χ2v) is 8.04. The highest BCUT2D eigenvalue weighted by Gasteiger charge is 2.31. The number of nitrogens with zero attached hydrogens (tertiary/aromatic N) is 2. The van der Waals surface area contributed by atoms with E-state index in [2.05, 4.69) is 5.32 Å². The fourth-order valence-corrected chi connectivity index (χ4v) is 4.58. The summed E-state index contributed by atoms with van der Waals surface area (Å²) in [5.41, 5.74) is 0.733. The van der Waals surface area contributed by atoms with Crippen LogP contribution in [0.15, 0.2) is 18.2 Å². The highest BCUT2D eigenvalue weighted by atomic mass is 32.2. The van der Waals surface area contributed by atoms with Crippen molar-refractivity contribution >= 4 is 22.4 Å². The minimum atomic E-state index is -0.738. The van der Waals surface area contributed by atoms with E-state index in [1.54, 1.807) is 12.1 Å². The van der Waals surface area contributed by atoms with Crippen molar-refractivity contribution < 1.29 is 13.4 Å². The number of hydrogen-bond donors (Lipinski definition) is 1. The first-order valence-corrected chi connectivity index (χ1v) is 9.65. The predicted molar refractivity (Wildman–Crippen MR) is 90.5 cm³/mol. The summed E-state index contributed by atoms with van der Waals surface area (Å²) in [4.78, 5) is 14.3. The summed E-state index contributed by atoms with van der Waals surface area (Å²) < 4.78 is 25.5. The number of hydrogen-bond acceptors (Lipinski definition) is 4. The largest absolute Gasteiger partial charge is 0.368 e. The molecular weight excluding hydrogens is 329 g/mol. The molecule has 2 fully saturated rings. The van der Waals surface area contributed by atoms with Crippen LogP contribution in [0.2, 0.25) is 0 Å². The molecule has 1 N–H and O–H groups in total. The minimum absolute atomic E-state index is 0.00392. The second-order valence-electron chi connectivity index (χ2n) is 6.34. The molecule has 0 saturated carbocycles. The zero-order valence-corrected chi connectivity index (χ0v) is 14.2. The van der Waals surface area contributed by atoms with Gasteiger partial charge in [0, 0.05) is 41.4 Å². The lowest BCUT2D eigenvalue weighted by molar-refractivity contribution is -0.125. The molecule has 1 aromatic rings. The van der Waals surface area contributed by atoms with Crippen molar-refractivity contribution in [3.05, 3.63) is 29.6 Å². The molecule has 5 nitrogen and oxygen atoms in total. The summed E-state index contributed by atoms with van der Waals surface area (Å²) in [6, 6.07) is 6.44. The molecule has 0 aromatic heterocycles. The molecule has 1 aromatic carbocycles. The average Bonchev–Trinajstić information content (AvgIpc) is 3.06. The van der Waals surface area contributed by atoms with E-state index < -0.39 is 16.6 Å². The molecule has 0 spiro atoms. The first-order chi connectivity index (χ1) is 11.6. The number of amides is 1. The van der Waals surface area contributed by atoms with E-state index in [9.17, 15) is 13.4 Å². The Morgan fingerprint density at radius 3 is 2.75 bits per heavy atom. The molecular formula is C17H20FN3O2S. The van der Waals surface area contributed by atoms with E-state index >= 15 is 0 Å². The summed E-state index contributed by atoms with van der Waals surface area (Å²) in [6.07, 6.45) is 2.21. The molecule has 3 rings (SSSR count). The number of anilines is 1. The van der Waals surface area contributed by atoms with Crippen molar-refractivity contribution in [3.8, 4) is 6.07 Å². The third-order valence-electron chi connectivity index (χ3n) is 4.71. The summed E-state index contributed by atoms with van der Waals surface area (Å²) in [7, 11) is -0.738. The Kier molecular flexibility index (Phi) is 5.14. The molecule has 7 heteroatoms. The van der Waals surface area contributed by atoms with Gasteiger partial charge < -0.3 is 10.2 Å². The summed E-state index contributed by atoms with van der Waals surface area (Å²) in [5, 5.41) is 11.9. The van der Waals surface area contributed by atoms with Gasteiger partial charge in [-0.3, -0.25) is 9.00 Å². The summed E-state index contributed by atoms with van der Waals surface area (Å²) in [5.74, 6) is 0.720. The molecule has 0 bridgehead atoms. The number of nitriles is 1. The van der Waals surface area contributed by atoms with E-state index in [1.807, 2.05) is 11.0 Å². The van der Waals surface area contributed by atoms with Crippen molar-refractivity contribution in [3.63, 3.8) is 0 Å². The Morgan fingerprint density at radius 2 is 2.08 bits per heavy atom. The quantitative estimate of drug-likeness (QED) is 0.899. The molecule has 24 heavy (non-hydrogen) atoms. The van der Waals surface area contributed by atoms with Crippen LogP contribution in [0.5, 0.6) is 0 Å². The van der Waals surface area contributed by atoms with Crippen molar-refractivity contribution in [1.29, 1.82) is 5.26 Å². The molecule has 128 valence electrons. The first-order valence-electron chi connectivity index (χ1n) is 8.17. The van der Waals surface area contributed by atoms with Gasteiger partial charge >= 0.3 is 0 Å². The third-order valence-corrected chi connectivity index (χ3v) is 6.09. The van der Waals surface area contributed by atoms with Crippen LogP contribution >= 0.6 is 0 Å². The van der Waals surface area contributed by atoms with Crippen LogP contribution in [0.25, 0.3) is 0 Å². The van der Waals surface area contributed by atoms with Gasteiger partial charge in [-0.05, 0) is 37.5 Å². The standard InChI is InChI=1S/C17H20FN3O2S/c18-15-9-12(10-19)1-2-16(15)21-6-3-13(11-21)17(22)20-14-4-7-24(23)8-5-14/h1-2,9,13-14H,3-8,11H2,(H,20,22). The maximum atomic E-state index is 14.1. The molecule has 2 aliphatic rings. The minimum Gasteiger partial charge on any atom is -0.368 e. The molecule has 1 unspecified atom stereocenters. The van der Waals surface area contributed by atoms with Crippen LogP contribution < -0.4 is 10.2 Å². The van der Waals surface area contributed by atoms with Crippen LogP contribution in [0.1, 0.15) is 24.8 Å². The maximum Gasteiger partial charge on any atom is 0.225 e. The highest BCUT2D eigenvalue weighted by molar-refractivity contribution is 7.85. The smallest absolute Gasteiger partial charge is 0.225 e. The second kappa shape index (κ2) is 7.31. The van der Waals surface area contributed by atoms with Gasteiger partial charge in [-0.25, -0.2) is 4.39 Å². The highest BCUT2D eigenvalue weighted by Crippen LogP contribution is 2.27. The fourth-order valence-electron chi connectivity index (χ4n) is 3.28. The summed E-state index contributed by atoms with van der Waals surface area (Å²) in [6.45, 7) is 1.10. The molecule has 2 heterocycles. The Bertz CT molecular complexity index is 694. The number of halogens is 1. The molecule has 0 radical (unpaired) electrons. The molecule has 2 aliphatic heterocycles. The van der Waals surface area contributed by atoms with E-state index in [0.29, 0.717) is 42.3 Å².